The summed E-state index contributed by atoms with van der Waals surface area (Å²) in [4.78, 5) is 13.1. The number of aliphatic hydroxyl groups is 2. The van der Waals surface area contributed by atoms with Gasteiger partial charge in [-0.3, -0.25) is 4.79 Å². The normalized spacial score (nSPS) is 57.9. The molecule has 0 amide bonds. The summed E-state index contributed by atoms with van der Waals surface area (Å²) in [5.41, 5.74) is -0.0796. The molecule has 0 aromatic heterocycles. The molecule has 0 spiro atoms. The molecule has 0 aromatic rings. The lowest BCUT2D eigenvalue weighted by atomic mass is 9.45. The number of hydrogen-bond acceptors (Lipinski definition) is 3. The summed E-state index contributed by atoms with van der Waals surface area (Å²) in [5, 5.41) is 20.5. The monoisotopic (exact) mass is 306 g/mol. The Labute approximate surface area is 133 Å². The van der Waals surface area contributed by atoms with Crippen LogP contribution >= 0.6 is 0 Å². The fourth-order valence-corrected chi connectivity index (χ4v) is 7.03. The van der Waals surface area contributed by atoms with E-state index in [1.54, 1.807) is 0 Å². The van der Waals surface area contributed by atoms with Crippen molar-refractivity contribution in [3.05, 3.63) is 0 Å². The van der Waals surface area contributed by atoms with Crippen LogP contribution in [0.5, 0.6) is 0 Å². The zero-order valence-corrected chi connectivity index (χ0v) is 13.9. The van der Waals surface area contributed by atoms with Crippen molar-refractivity contribution in [2.45, 2.75) is 77.4 Å². The van der Waals surface area contributed by atoms with Gasteiger partial charge in [-0.15, -0.1) is 0 Å². The Kier molecular flexibility index (Phi) is 3.30. The molecule has 0 aliphatic heterocycles. The van der Waals surface area contributed by atoms with Crippen molar-refractivity contribution in [2.24, 2.45) is 34.5 Å². The van der Waals surface area contributed by atoms with Gasteiger partial charge < -0.3 is 10.2 Å². The standard InChI is InChI=1S/C19H30O3/c1-18-8-7-12(20)9-11(18)3-4-13-14-5-6-16(22)19(14,2)10-15(21)17(13)18/h11-14,16-17,20,22H,3-10H2,1-2H3/t11?,12-,13?,14?,16?,17?,18?,19?/m1/s1. The zero-order chi connectivity index (χ0) is 15.7. The van der Waals surface area contributed by atoms with Crippen LogP contribution in [-0.4, -0.2) is 28.2 Å². The van der Waals surface area contributed by atoms with E-state index >= 15 is 0 Å². The quantitative estimate of drug-likeness (QED) is 0.723. The second-order valence-corrected chi connectivity index (χ2v) is 9.20. The maximum Gasteiger partial charge on any atom is 0.137 e. The zero-order valence-electron chi connectivity index (χ0n) is 13.9. The Morgan fingerprint density at radius 1 is 1.00 bits per heavy atom. The fourth-order valence-electron chi connectivity index (χ4n) is 7.03. The molecular formula is C19H30O3. The number of fused-ring (bicyclic) bond motifs is 5. The van der Waals surface area contributed by atoms with Gasteiger partial charge in [-0.05, 0) is 68.1 Å². The van der Waals surface area contributed by atoms with Gasteiger partial charge in [0.25, 0.3) is 0 Å². The minimum atomic E-state index is -0.291. The van der Waals surface area contributed by atoms with Crippen molar-refractivity contribution in [3.63, 3.8) is 0 Å². The molecule has 4 aliphatic carbocycles. The molecule has 0 aromatic carbocycles. The number of hydrogen-bond donors (Lipinski definition) is 2. The summed E-state index contributed by atoms with van der Waals surface area (Å²) in [7, 11) is 0. The van der Waals surface area contributed by atoms with Gasteiger partial charge in [0.15, 0.2) is 0 Å². The lowest BCUT2D eigenvalue weighted by molar-refractivity contribution is -0.164. The molecule has 4 rings (SSSR count). The Balaban J connectivity index is 1.69. The van der Waals surface area contributed by atoms with E-state index in [1.165, 1.54) is 0 Å². The number of aliphatic hydroxyl groups excluding tert-OH is 2. The highest BCUT2D eigenvalue weighted by Gasteiger charge is 2.63. The molecule has 22 heavy (non-hydrogen) atoms. The molecule has 0 radical (unpaired) electrons. The predicted molar refractivity (Wildman–Crippen MR) is 84.1 cm³/mol. The van der Waals surface area contributed by atoms with Crippen LogP contribution in [0.15, 0.2) is 0 Å². The van der Waals surface area contributed by atoms with Gasteiger partial charge in [-0.25, -0.2) is 0 Å². The van der Waals surface area contributed by atoms with E-state index in [4.69, 9.17) is 0 Å². The maximum absolute atomic E-state index is 13.1. The third kappa shape index (κ3) is 1.84. The van der Waals surface area contributed by atoms with Crippen molar-refractivity contribution in [1.82, 2.24) is 0 Å². The number of carbonyl (C=O) groups is 1. The topological polar surface area (TPSA) is 57.5 Å². The average Bonchev–Trinajstić information content (AvgIpc) is 2.75. The van der Waals surface area contributed by atoms with Gasteiger partial charge in [0.1, 0.15) is 5.78 Å². The molecule has 0 bridgehead atoms. The molecule has 0 heterocycles. The van der Waals surface area contributed by atoms with Crippen molar-refractivity contribution in [2.75, 3.05) is 0 Å². The molecule has 7 unspecified atom stereocenters. The Morgan fingerprint density at radius 2 is 1.77 bits per heavy atom. The minimum absolute atomic E-state index is 0.0914. The molecule has 4 saturated carbocycles. The molecule has 4 fully saturated rings. The lowest BCUT2D eigenvalue weighted by Crippen LogP contribution is -2.58. The highest BCUT2D eigenvalue weighted by Crippen LogP contribution is 2.65. The Hall–Kier alpha value is -0.410. The third-order valence-electron chi connectivity index (χ3n) is 8.27. The van der Waals surface area contributed by atoms with Gasteiger partial charge in [0.2, 0.25) is 0 Å². The number of Topliss-reactive ketones (excluding diaryl/α,β-unsaturated/α-hetero) is 1. The smallest absolute Gasteiger partial charge is 0.137 e. The van der Waals surface area contributed by atoms with Gasteiger partial charge in [0, 0.05) is 17.8 Å². The summed E-state index contributed by atoms with van der Waals surface area (Å²) in [6.07, 6.45) is 7.11. The van der Waals surface area contributed by atoms with Crippen LogP contribution in [0.3, 0.4) is 0 Å². The third-order valence-corrected chi connectivity index (χ3v) is 8.27. The Morgan fingerprint density at radius 3 is 2.55 bits per heavy atom. The van der Waals surface area contributed by atoms with E-state index in [0.29, 0.717) is 30.0 Å². The molecule has 3 nitrogen and oxygen atoms in total. The van der Waals surface area contributed by atoms with Gasteiger partial charge >= 0.3 is 0 Å². The molecule has 8 atom stereocenters. The van der Waals surface area contributed by atoms with E-state index in [0.717, 1.165) is 44.9 Å². The first-order valence-corrected chi connectivity index (χ1v) is 9.25. The van der Waals surface area contributed by atoms with Crippen LogP contribution in [0.2, 0.25) is 0 Å². The average molecular weight is 306 g/mol. The molecule has 0 saturated heterocycles. The van der Waals surface area contributed by atoms with Crippen LogP contribution < -0.4 is 0 Å². The Bertz CT molecular complexity index is 489. The predicted octanol–water partition coefficient (Wildman–Crippen LogP) is 2.93. The second-order valence-electron chi connectivity index (χ2n) is 9.20. The van der Waals surface area contributed by atoms with Crippen molar-refractivity contribution in [1.29, 1.82) is 0 Å². The lowest BCUT2D eigenvalue weighted by Gasteiger charge is -2.59. The first-order chi connectivity index (χ1) is 10.4. The highest BCUT2D eigenvalue weighted by molar-refractivity contribution is 5.84. The minimum Gasteiger partial charge on any atom is -0.393 e. The fraction of sp³-hybridized carbons (Fsp3) is 0.947. The first kappa shape index (κ1) is 15.1. The van der Waals surface area contributed by atoms with Crippen LogP contribution in [0, 0.1) is 34.5 Å². The van der Waals surface area contributed by atoms with Crippen LogP contribution in [0.1, 0.15) is 65.2 Å². The van der Waals surface area contributed by atoms with Crippen molar-refractivity contribution in [3.8, 4) is 0 Å². The van der Waals surface area contributed by atoms with Gasteiger partial charge in [-0.1, -0.05) is 13.8 Å². The molecule has 124 valence electrons. The van der Waals surface area contributed by atoms with Gasteiger partial charge in [-0.2, -0.15) is 0 Å². The largest absolute Gasteiger partial charge is 0.393 e. The first-order valence-electron chi connectivity index (χ1n) is 9.25. The van der Waals surface area contributed by atoms with Crippen LogP contribution in [0.25, 0.3) is 0 Å². The van der Waals surface area contributed by atoms with Crippen molar-refractivity contribution < 1.29 is 15.0 Å². The summed E-state index contributed by atoms with van der Waals surface area (Å²) in [5.74, 6) is 2.10. The highest BCUT2D eigenvalue weighted by atomic mass is 16.3. The number of rotatable bonds is 0. The molecule has 3 heteroatoms. The number of carbonyl (C=O) groups excluding carboxylic acids is 1. The van der Waals surface area contributed by atoms with Crippen LogP contribution in [0.4, 0.5) is 0 Å². The SMILES string of the molecule is CC12CC(=O)C3C(CCC4C[C@H](O)CCC43C)C1CCC2O. The maximum atomic E-state index is 13.1. The van der Waals surface area contributed by atoms with E-state index in [2.05, 4.69) is 13.8 Å². The second kappa shape index (κ2) is 4.80. The molecule has 4 aliphatic rings. The van der Waals surface area contributed by atoms with E-state index < -0.39 is 0 Å². The van der Waals surface area contributed by atoms with E-state index in [1.807, 2.05) is 0 Å². The van der Waals surface area contributed by atoms with Gasteiger partial charge in [0.05, 0.1) is 12.2 Å². The van der Waals surface area contributed by atoms with Crippen molar-refractivity contribution >= 4 is 5.78 Å². The summed E-state index contributed by atoms with van der Waals surface area (Å²) in [6, 6.07) is 0. The summed E-state index contributed by atoms with van der Waals surface area (Å²) in [6.45, 7) is 4.48. The van der Waals surface area contributed by atoms with E-state index in [-0.39, 0.29) is 29.0 Å². The summed E-state index contributed by atoms with van der Waals surface area (Å²) < 4.78 is 0. The molecular weight excluding hydrogens is 276 g/mol. The van der Waals surface area contributed by atoms with Crippen LogP contribution in [-0.2, 0) is 4.79 Å². The summed E-state index contributed by atoms with van der Waals surface area (Å²) >= 11 is 0. The number of ketones is 1. The molecule has 2 N–H and O–H groups in total. The van der Waals surface area contributed by atoms with E-state index in [9.17, 15) is 15.0 Å².